The van der Waals surface area contributed by atoms with Crippen molar-refractivity contribution in [2.75, 3.05) is 5.32 Å². The Morgan fingerprint density at radius 3 is 1.85 bits per heavy atom. The summed E-state index contributed by atoms with van der Waals surface area (Å²) in [5.41, 5.74) is 0.985. The summed E-state index contributed by atoms with van der Waals surface area (Å²) < 4.78 is 0. The van der Waals surface area contributed by atoms with Crippen LogP contribution >= 0.6 is 23.2 Å². The summed E-state index contributed by atoms with van der Waals surface area (Å²) >= 11 is 11.7. The minimum atomic E-state index is -0.649. The molecule has 20 heavy (non-hydrogen) atoms. The number of halogens is 2. The summed E-state index contributed by atoms with van der Waals surface area (Å²) in [7, 11) is 0. The van der Waals surface area contributed by atoms with Gasteiger partial charge >= 0.3 is 0 Å². The zero-order chi connectivity index (χ0) is 14.8. The lowest BCUT2D eigenvalue weighted by atomic mass is 9.83. The summed E-state index contributed by atoms with van der Waals surface area (Å²) in [6.45, 7) is 3.75. The van der Waals surface area contributed by atoms with E-state index >= 15 is 0 Å². The predicted octanol–water partition coefficient (Wildman–Crippen LogP) is 4.91. The van der Waals surface area contributed by atoms with Crippen LogP contribution in [0.25, 0.3) is 0 Å². The van der Waals surface area contributed by atoms with Gasteiger partial charge in [-0.3, -0.25) is 4.79 Å². The lowest BCUT2D eigenvalue weighted by Gasteiger charge is -2.24. The second-order valence-electron chi connectivity index (χ2n) is 5.09. The molecule has 1 amide bonds. The molecule has 0 aliphatic rings. The van der Waals surface area contributed by atoms with E-state index in [1.54, 1.807) is 36.4 Å². The van der Waals surface area contributed by atoms with Crippen LogP contribution in [-0.2, 0) is 10.2 Å². The minimum Gasteiger partial charge on any atom is -0.325 e. The Morgan fingerprint density at radius 2 is 1.35 bits per heavy atom. The molecule has 0 aromatic heterocycles. The average molecular weight is 308 g/mol. The lowest BCUT2D eigenvalue weighted by molar-refractivity contribution is -0.120. The Bertz CT molecular complexity index is 603. The third-order valence-corrected chi connectivity index (χ3v) is 3.74. The number of carbonyl (C=O) groups excluding carboxylic acids is 1. The van der Waals surface area contributed by atoms with E-state index in [-0.39, 0.29) is 5.91 Å². The van der Waals surface area contributed by atoms with Crippen molar-refractivity contribution in [3.63, 3.8) is 0 Å². The van der Waals surface area contributed by atoms with E-state index in [1.807, 2.05) is 26.0 Å². The number of benzene rings is 2. The molecule has 4 heteroatoms. The van der Waals surface area contributed by atoms with E-state index in [0.29, 0.717) is 10.0 Å². The van der Waals surface area contributed by atoms with Crippen LogP contribution in [0.2, 0.25) is 10.0 Å². The fourth-order valence-electron chi connectivity index (χ4n) is 1.82. The minimum absolute atomic E-state index is 0.0813. The van der Waals surface area contributed by atoms with Gasteiger partial charge in [-0.25, -0.2) is 0 Å². The van der Waals surface area contributed by atoms with Gasteiger partial charge in [0.05, 0.1) is 5.41 Å². The zero-order valence-electron chi connectivity index (χ0n) is 11.3. The highest BCUT2D eigenvalue weighted by Gasteiger charge is 2.29. The topological polar surface area (TPSA) is 29.1 Å². The Kier molecular flexibility index (Phi) is 4.36. The van der Waals surface area contributed by atoms with Crippen molar-refractivity contribution >= 4 is 34.8 Å². The third-order valence-electron chi connectivity index (χ3n) is 3.24. The SMILES string of the molecule is CC(C)(C(=O)Nc1ccc(Cl)cc1)c1ccc(Cl)cc1. The predicted molar refractivity (Wildman–Crippen MR) is 84.6 cm³/mol. The maximum Gasteiger partial charge on any atom is 0.234 e. The summed E-state index contributed by atoms with van der Waals surface area (Å²) in [5.74, 6) is -0.0813. The van der Waals surface area contributed by atoms with Gasteiger partial charge in [0.15, 0.2) is 0 Å². The molecule has 0 unspecified atom stereocenters. The van der Waals surface area contributed by atoms with Crippen molar-refractivity contribution in [2.24, 2.45) is 0 Å². The monoisotopic (exact) mass is 307 g/mol. The first-order valence-electron chi connectivity index (χ1n) is 6.22. The van der Waals surface area contributed by atoms with E-state index in [9.17, 15) is 4.79 Å². The number of amides is 1. The van der Waals surface area contributed by atoms with Gasteiger partial charge in [0.25, 0.3) is 0 Å². The first kappa shape index (κ1) is 14.9. The second-order valence-corrected chi connectivity index (χ2v) is 5.97. The number of hydrogen-bond donors (Lipinski definition) is 1. The molecule has 0 atom stereocenters. The molecule has 0 aliphatic heterocycles. The third kappa shape index (κ3) is 3.33. The number of hydrogen-bond acceptors (Lipinski definition) is 1. The molecule has 0 saturated heterocycles. The molecule has 0 aliphatic carbocycles. The van der Waals surface area contributed by atoms with Crippen molar-refractivity contribution in [2.45, 2.75) is 19.3 Å². The van der Waals surface area contributed by atoms with Gasteiger partial charge in [-0.1, -0.05) is 35.3 Å². The molecule has 2 aromatic rings. The normalized spacial score (nSPS) is 11.2. The van der Waals surface area contributed by atoms with Gasteiger partial charge in [0, 0.05) is 15.7 Å². The first-order valence-corrected chi connectivity index (χ1v) is 6.98. The van der Waals surface area contributed by atoms with Gasteiger partial charge in [-0.15, -0.1) is 0 Å². The van der Waals surface area contributed by atoms with E-state index in [0.717, 1.165) is 11.3 Å². The molecule has 0 spiro atoms. The summed E-state index contributed by atoms with van der Waals surface area (Å²) in [4.78, 5) is 12.4. The molecule has 2 rings (SSSR count). The van der Waals surface area contributed by atoms with Crippen molar-refractivity contribution in [3.05, 3.63) is 64.1 Å². The Hall–Kier alpha value is -1.51. The zero-order valence-corrected chi connectivity index (χ0v) is 12.8. The summed E-state index contributed by atoms with van der Waals surface area (Å²) in [6, 6.07) is 14.3. The number of rotatable bonds is 3. The lowest BCUT2D eigenvalue weighted by Crippen LogP contribution is -2.34. The maximum atomic E-state index is 12.4. The van der Waals surface area contributed by atoms with Crippen LogP contribution in [0.4, 0.5) is 5.69 Å². The summed E-state index contributed by atoms with van der Waals surface area (Å²) in [5, 5.41) is 4.19. The molecular formula is C16H15Cl2NO. The number of nitrogens with one attached hydrogen (secondary N) is 1. The van der Waals surface area contributed by atoms with Crippen LogP contribution < -0.4 is 5.32 Å². The fraction of sp³-hybridized carbons (Fsp3) is 0.188. The smallest absolute Gasteiger partial charge is 0.234 e. The van der Waals surface area contributed by atoms with Crippen LogP contribution in [-0.4, -0.2) is 5.91 Å². The maximum absolute atomic E-state index is 12.4. The number of carbonyl (C=O) groups is 1. The van der Waals surface area contributed by atoms with Crippen molar-refractivity contribution in [1.82, 2.24) is 0 Å². The van der Waals surface area contributed by atoms with Crippen LogP contribution in [0, 0.1) is 0 Å². The largest absolute Gasteiger partial charge is 0.325 e. The van der Waals surface area contributed by atoms with Crippen molar-refractivity contribution < 1.29 is 4.79 Å². The van der Waals surface area contributed by atoms with E-state index in [2.05, 4.69) is 5.32 Å². The fourth-order valence-corrected chi connectivity index (χ4v) is 2.07. The Balaban J connectivity index is 2.18. The summed E-state index contributed by atoms with van der Waals surface area (Å²) in [6.07, 6.45) is 0. The molecule has 1 N–H and O–H groups in total. The van der Waals surface area contributed by atoms with Crippen LogP contribution in [0.1, 0.15) is 19.4 Å². The molecular weight excluding hydrogens is 293 g/mol. The van der Waals surface area contributed by atoms with Gasteiger partial charge < -0.3 is 5.32 Å². The van der Waals surface area contributed by atoms with E-state index in [1.165, 1.54) is 0 Å². The molecule has 0 saturated carbocycles. The highest BCUT2D eigenvalue weighted by molar-refractivity contribution is 6.30. The highest BCUT2D eigenvalue weighted by Crippen LogP contribution is 2.26. The van der Waals surface area contributed by atoms with Crippen LogP contribution in [0.3, 0.4) is 0 Å². The van der Waals surface area contributed by atoms with Crippen molar-refractivity contribution in [3.8, 4) is 0 Å². The van der Waals surface area contributed by atoms with E-state index < -0.39 is 5.41 Å². The van der Waals surface area contributed by atoms with Crippen LogP contribution in [0.5, 0.6) is 0 Å². The standard InChI is InChI=1S/C16H15Cl2NO/c1-16(2,11-3-5-12(17)6-4-11)15(20)19-14-9-7-13(18)8-10-14/h3-10H,1-2H3,(H,19,20). The molecule has 0 heterocycles. The molecule has 2 aromatic carbocycles. The van der Waals surface area contributed by atoms with Gasteiger partial charge in [-0.2, -0.15) is 0 Å². The molecule has 0 radical (unpaired) electrons. The number of anilines is 1. The molecule has 104 valence electrons. The van der Waals surface area contributed by atoms with E-state index in [4.69, 9.17) is 23.2 Å². The molecule has 2 nitrogen and oxygen atoms in total. The first-order chi connectivity index (χ1) is 9.39. The molecule has 0 fully saturated rings. The highest BCUT2D eigenvalue weighted by atomic mass is 35.5. The second kappa shape index (κ2) is 5.86. The van der Waals surface area contributed by atoms with Gasteiger partial charge in [-0.05, 0) is 55.8 Å². The Labute approximate surface area is 128 Å². The quantitative estimate of drug-likeness (QED) is 0.857. The van der Waals surface area contributed by atoms with Gasteiger partial charge in [0.2, 0.25) is 5.91 Å². The van der Waals surface area contributed by atoms with Crippen molar-refractivity contribution in [1.29, 1.82) is 0 Å². The average Bonchev–Trinajstić information content (AvgIpc) is 2.42. The Morgan fingerprint density at radius 1 is 0.900 bits per heavy atom. The molecule has 0 bridgehead atoms. The van der Waals surface area contributed by atoms with Crippen LogP contribution in [0.15, 0.2) is 48.5 Å². The van der Waals surface area contributed by atoms with Gasteiger partial charge in [0.1, 0.15) is 0 Å².